The molecule has 0 atom stereocenters. The van der Waals surface area contributed by atoms with Crippen molar-refractivity contribution in [3.63, 3.8) is 0 Å². The molecule has 0 radical (unpaired) electrons. The van der Waals surface area contributed by atoms with Crippen LogP contribution in [-0.2, 0) is 0 Å². The molecule has 0 saturated carbocycles. The highest BCUT2D eigenvalue weighted by Crippen LogP contribution is 2.27. The Kier molecular flexibility index (Phi) is 3.29. The van der Waals surface area contributed by atoms with Gasteiger partial charge in [0.2, 0.25) is 0 Å². The van der Waals surface area contributed by atoms with Crippen molar-refractivity contribution in [2.75, 3.05) is 5.32 Å². The summed E-state index contributed by atoms with van der Waals surface area (Å²) in [5.74, 6) is -0.844. The van der Waals surface area contributed by atoms with E-state index in [2.05, 4.69) is 5.32 Å². The molecule has 5 heteroatoms. The summed E-state index contributed by atoms with van der Waals surface area (Å²) in [7, 11) is 0. The first-order valence-corrected chi connectivity index (χ1v) is 5.61. The van der Waals surface area contributed by atoms with Gasteiger partial charge in [-0.2, -0.15) is 0 Å². The number of phenols is 3. The fourth-order valence-corrected chi connectivity index (χ4v) is 1.65. The van der Waals surface area contributed by atoms with Crippen LogP contribution < -0.4 is 5.32 Å². The zero-order valence-corrected chi connectivity index (χ0v) is 10.2. The average molecular weight is 259 g/mol. The molecule has 2 aromatic carbocycles. The first-order valence-electron chi connectivity index (χ1n) is 5.61. The molecule has 0 saturated heterocycles. The van der Waals surface area contributed by atoms with E-state index in [1.165, 1.54) is 24.3 Å². The van der Waals surface area contributed by atoms with E-state index >= 15 is 0 Å². The lowest BCUT2D eigenvalue weighted by Crippen LogP contribution is -2.12. The Balaban J connectivity index is 2.31. The number of phenolic OH excluding ortho intramolecular Hbond substituents is 3. The molecule has 4 N–H and O–H groups in total. The Morgan fingerprint density at radius 3 is 2.53 bits per heavy atom. The smallest absolute Gasteiger partial charge is 0.259 e. The molecule has 0 aliphatic rings. The molecule has 0 aliphatic carbocycles. The van der Waals surface area contributed by atoms with Crippen molar-refractivity contribution in [3.8, 4) is 17.2 Å². The lowest BCUT2D eigenvalue weighted by molar-refractivity contribution is 0.102. The summed E-state index contributed by atoms with van der Waals surface area (Å²) in [4.78, 5) is 12.0. The molecule has 5 nitrogen and oxygen atoms in total. The van der Waals surface area contributed by atoms with Gasteiger partial charge in [0, 0.05) is 11.3 Å². The SMILES string of the molecule is Cc1c(O)cccc1NC(=O)c1cc(O)ccc1O. The van der Waals surface area contributed by atoms with Gasteiger partial charge in [0.25, 0.3) is 5.91 Å². The number of hydrogen-bond donors (Lipinski definition) is 4. The van der Waals surface area contributed by atoms with Crippen molar-refractivity contribution in [1.29, 1.82) is 0 Å². The van der Waals surface area contributed by atoms with Gasteiger partial charge in [0.15, 0.2) is 0 Å². The number of carbonyl (C=O) groups excluding carboxylic acids is 1. The van der Waals surface area contributed by atoms with Crippen LogP contribution in [0, 0.1) is 6.92 Å². The molecule has 98 valence electrons. The second-order valence-corrected chi connectivity index (χ2v) is 4.11. The normalized spacial score (nSPS) is 10.2. The Morgan fingerprint density at radius 1 is 1.05 bits per heavy atom. The van der Waals surface area contributed by atoms with Crippen LogP contribution in [0.4, 0.5) is 5.69 Å². The second kappa shape index (κ2) is 4.89. The minimum absolute atomic E-state index is 0.0391. The van der Waals surface area contributed by atoms with Gasteiger partial charge >= 0.3 is 0 Å². The van der Waals surface area contributed by atoms with E-state index in [0.717, 1.165) is 0 Å². The molecule has 0 aliphatic heterocycles. The maximum atomic E-state index is 12.0. The third-order valence-electron chi connectivity index (χ3n) is 2.78. The lowest BCUT2D eigenvalue weighted by atomic mass is 10.1. The highest BCUT2D eigenvalue weighted by atomic mass is 16.3. The first kappa shape index (κ1) is 12.8. The molecule has 0 fully saturated rings. The maximum absolute atomic E-state index is 12.0. The molecule has 2 aromatic rings. The van der Waals surface area contributed by atoms with Crippen LogP contribution in [0.2, 0.25) is 0 Å². The second-order valence-electron chi connectivity index (χ2n) is 4.11. The molecule has 0 aromatic heterocycles. The fourth-order valence-electron chi connectivity index (χ4n) is 1.65. The summed E-state index contributed by atoms with van der Waals surface area (Å²) in [6.07, 6.45) is 0. The van der Waals surface area contributed by atoms with Crippen LogP contribution in [0.3, 0.4) is 0 Å². The first-order chi connectivity index (χ1) is 8.99. The minimum atomic E-state index is -0.567. The summed E-state index contributed by atoms with van der Waals surface area (Å²) >= 11 is 0. The van der Waals surface area contributed by atoms with Gasteiger partial charge in [0.05, 0.1) is 5.56 Å². The number of rotatable bonds is 2. The number of benzene rings is 2. The van der Waals surface area contributed by atoms with E-state index in [1.54, 1.807) is 19.1 Å². The van der Waals surface area contributed by atoms with Gasteiger partial charge in [-0.25, -0.2) is 0 Å². The van der Waals surface area contributed by atoms with E-state index in [9.17, 15) is 20.1 Å². The maximum Gasteiger partial charge on any atom is 0.259 e. The zero-order chi connectivity index (χ0) is 14.0. The van der Waals surface area contributed by atoms with Crippen molar-refractivity contribution in [3.05, 3.63) is 47.5 Å². The van der Waals surface area contributed by atoms with Crippen LogP contribution >= 0.6 is 0 Å². The van der Waals surface area contributed by atoms with Gasteiger partial charge in [-0.3, -0.25) is 4.79 Å². The summed E-state index contributed by atoms with van der Waals surface area (Å²) in [5, 5.41) is 31.0. The van der Waals surface area contributed by atoms with Crippen molar-refractivity contribution in [2.45, 2.75) is 6.92 Å². The molecule has 2 rings (SSSR count). The van der Waals surface area contributed by atoms with E-state index in [0.29, 0.717) is 11.3 Å². The Morgan fingerprint density at radius 2 is 1.79 bits per heavy atom. The monoisotopic (exact) mass is 259 g/mol. The Bertz CT molecular complexity index is 637. The molecular weight excluding hydrogens is 246 g/mol. The zero-order valence-electron chi connectivity index (χ0n) is 10.2. The van der Waals surface area contributed by atoms with Crippen LogP contribution in [0.1, 0.15) is 15.9 Å². The van der Waals surface area contributed by atoms with Crippen molar-refractivity contribution in [2.24, 2.45) is 0 Å². The molecule has 0 spiro atoms. The Hall–Kier alpha value is -2.69. The molecule has 0 bridgehead atoms. The molecular formula is C14H13NO4. The average Bonchev–Trinajstić information content (AvgIpc) is 2.38. The van der Waals surface area contributed by atoms with Gasteiger partial charge in [-0.05, 0) is 37.3 Å². The highest BCUT2D eigenvalue weighted by molar-refractivity contribution is 6.06. The summed E-state index contributed by atoms with van der Waals surface area (Å²) in [6.45, 7) is 1.66. The third-order valence-corrected chi connectivity index (χ3v) is 2.78. The Labute approximate surface area is 109 Å². The standard InChI is InChI=1S/C14H13NO4/c1-8-11(3-2-4-12(8)17)15-14(19)10-7-9(16)5-6-13(10)18/h2-7,16-18H,1H3,(H,15,19). The molecule has 1 amide bonds. The molecule has 19 heavy (non-hydrogen) atoms. The van der Waals surface area contributed by atoms with Crippen LogP contribution in [0.25, 0.3) is 0 Å². The van der Waals surface area contributed by atoms with Crippen LogP contribution in [0.5, 0.6) is 17.2 Å². The third kappa shape index (κ3) is 2.60. The number of anilines is 1. The van der Waals surface area contributed by atoms with Gasteiger partial charge in [-0.1, -0.05) is 6.07 Å². The van der Waals surface area contributed by atoms with E-state index < -0.39 is 5.91 Å². The number of amides is 1. The summed E-state index contributed by atoms with van der Waals surface area (Å²) < 4.78 is 0. The predicted octanol–water partition coefficient (Wildman–Crippen LogP) is 2.36. The van der Waals surface area contributed by atoms with Crippen LogP contribution in [-0.4, -0.2) is 21.2 Å². The minimum Gasteiger partial charge on any atom is -0.508 e. The number of hydrogen-bond acceptors (Lipinski definition) is 4. The summed E-state index contributed by atoms with van der Waals surface area (Å²) in [5.41, 5.74) is 0.922. The fraction of sp³-hybridized carbons (Fsp3) is 0.0714. The van der Waals surface area contributed by atoms with Crippen molar-refractivity contribution < 1.29 is 20.1 Å². The van der Waals surface area contributed by atoms with Gasteiger partial charge < -0.3 is 20.6 Å². The van der Waals surface area contributed by atoms with E-state index in [-0.39, 0.29) is 22.8 Å². The highest BCUT2D eigenvalue weighted by Gasteiger charge is 2.13. The van der Waals surface area contributed by atoms with Gasteiger partial charge in [-0.15, -0.1) is 0 Å². The molecule has 0 heterocycles. The van der Waals surface area contributed by atoms with E-state index in [1.807, 2.05) is 0 Å². The summed E-state index contributed by atoms with van der Waals surface area (Å²) in [6, 6.07) is 8.43. The van der Waals surface area contributed by atoms with Crippen LogP contribution in [0.15, 0.2) is 36.4 Å². The number of aromatic hydroxyl groups is 3. The lowest BCUT2D eigenvalue weighted by Gasteiger charge is -2.10. The van der Waals surface area contributed by atoms with Gasteiger partial charge in [0.1, 0.15) is 17.2 Å². The van der Waals surface area contributed by atoms with E-state index in [4.69, 9.17) is 0 Å². The number of nitrogens with one attached hydrogen (secondary N) is 1. The quantitative estimate of drug-likeness (QED) is 0.623. The van der Waals surface area contributed by atoms with Crippen molar-refractivity contribution >= 4 is 11.6 Å². The largest absolute Gasteiger partial charge is 0.508 e. The topological polar surface area (TPSA) is 89.8 Å². The predicted molar refractivity (Wildman–Crippen MR) is 70.6 cm³/mol. The molecule has 0 unspecified atom stereocenters. The van der Waals surface area contributed by atoms with Crippen molar-refractivity contribution in [1.82, 2.24) is 0 Å². The number of carbonyl (C=O) groups is 1.